The number of pyridine rings is 1. The lowest BCUT2D eigenvalue weighted by molar-refractivity contribution is -0.138. The van der Waals surface area contributed by atoms with Crippen molar-refractivity contribution in [2.24, 2.45) is 0 Å². The minimum atomic E-state index is -4.82. The number of hydrogen-bond donors (Lipinski definition) is 0. The molecule has 0 aliphatic heterocycles. The number of allylic oxidation sites excluding steroid dienone is 4. The van der Waals surface area contributed by atoms with Gasteiger partial charge in [0.2, 0.25) is 0 Å². The van der Waals surface area contributed by atoms with Crippen molar-refractivity contribution < 1.29 is 34.8 Å². The van der Waals surface area contributed by atoms with Crippen LogP contribution in [0.25, 0.3) is 5.70 Å². The van der Waals surface area contributed by atoms with Crippen molar-refractivity contribution in [3.05, 3.63) is 65.7 Å². The molecule has 0 aromatic carbocycles. The van der Waals surface area contributed by atoms with Crippen molar-refractivity contribution in [3.63, 3.8) is 0 Å². The van der Waals surface area contributed by atoms with Crippen molar-refractivity contribution >= 4 is 15.5 Å². The maximum Gasteiger partial charge on any atom is 0.417 e. The van der Waals surface area contributed by atoms with Gasteiger partial charge in [0.15, 0.2) is 9.84 Å². The fraction of sp³-hybridized carbons (Fsp3) is 0.350. The third-order valence-electron chi connectivity index (χ3n) is 4.41. The van der Waals surface area contributed by atoms with E-state index in [2.05, 4.69) is 18.1 Å². The highest BCUT2D eigenvalue weighted by atomic mass is 32.2. The molecule has 1 rings (SSSR count). The summed E-state index contributed by atoms with van der Waals surface area (Å²) in [5, 5.41) is 0. The molecule has 1 aromatic rings. The molecule has 4 nitrogen and oxygen atoms in total. The first-order valence-electron chi connectivity index (χ1n) is 8.79. The number of aromatic nitrogens is 1. The van der Waals surface area contributed by atoms with E-state index >= 15 is 0 Å². The molecule has 0 N–H and O–H groups in total. The lowest BCUT2D eigenvalue weighted by Gasteiger charge is -2.25. The maximum atomic E-state index is 13.1. The van der Waals surface area contributed by atoms with Gasteiger partial charge in [-0.15, -0.1) is 0 Å². The zero-order valence-electron chi connectivity index (χ0n) is 17.3. The standard InChI is InChI=1S/C20H22F6N2O2S/c1-7-16(12(3)9-13(4)19(21,22)23)28(6)14(5)18-17(31(29,30)8-2)10-15(11-27-18)20(24,25)26/h7,9-11H,1,5,8H2,2-4,6H3/b13-9+,16-12+. The van der Waals surface area contributed by atoms with E-state index in [4.69, 9.17) is 0 Å². The maximum absolute atomic E-state index is 13.1. The first-order valence-corrected chi connectivity index (χ1v) is 10.4. The van der Waals surface area contributed by atoms with E-state index < -0.39 is 44.0 Å². The van der Waals surface area contributed by atoms with Gasteiger partial charge >= 0.3 is 12.4 Å². The van der Waals surface area contributed by atoms with Crippen LogP contribution >= 0.6 is 0 Å². The second-order valence-corrected chi connectivity index (χ2v) is 8.82. The number of hydrogen-bond acceptors (Lipinski definition) is 4. The molecule has 0 aliphatic carbocycles. The van der Waals surface area contributed by atoms with Crippen LogP contribution < -0.4 is 0 Å². The summed E-state index contributed by atoms with van der Waals surface area (Å²) in [5.74, 6) is -0.489. The van der Waals surface area contributed by atoms with Crippen LogP contribution in [0.5, 0.6) is 0 Å². The van der Waals surface area contributed by atoms with Gasteiger partial charge in [0, 0.05) is 24.5 Å². The molecular formula is C20H22F6N2O2S. The Morgan fingerprint density at radius 1 is 1.19 bits per heavy atom. The first-order chi connectivity index (χ1) is 14.0. The number of sulfone groups is 1. The smallest absolute Gasteiger partial charge is 0.343 e. The molecule has 172 valence electrons. The molecule has 0 fully saturated rings. The Hall–Kier alpha value is -2.56. The molecule has 0 saturated carbocycles. The Labute approximate surface area is 177 Å². The molecule has 0 spiro atoms. The van der Waals surface area contributed by atoms with Gasteiger partial charge in [-0.25, -0.2) is 8.42 Å². The van der Waals surface area contributed by atoms with Crippen LogP contribution in [-0.4, -0.2) is 37.3 Å². The van der Waals surface area contributed by atoms with Crippen LogP contribution in [-0.2, 0) is 16.0 Å². The zero-order chi connectivity index (χ0) is 24.4. The summed E-state index contributed by atoms with van der Waals surface area (Å²) in [7, 11) is -2.77. The van der Waals surface area contributed by atoms with E-state index in [0.29, 0.717) is 12.3 Å². The lowest BCUT2D eigenvalue weighted by atomic mass is 10.1. The largest absolute Gasteiger partial charge is 0.417 e. The van der Waals surface area contributed by atoms with E-state index in [9.17, 15) is 34.8 Å². The summed E-state index contributed by atoms with van der Waals surface area (Å²) in [4.78, 5) is 4.20. The summed E-state index contributed by atoms with van der Waals surface area (Å²) < 4.78 is 103. The monoisotopic (exact) mass is 468 g/mol. The third kappa shape index (κ3) is 6.22. The molecule has 11 heteroatoms. The van der Waals surface area contributed by atoms with E-state index in [1.165, 1.54) is 31.9 Å². The van der Waals surface area contributed by atoms with Crippen LogP contribution in [0.15, 0.2) is 59.3 Å². The van der Waals surface area contributed by atoms with Gasteiger partial charge in [0.25, 0.3) is 0 Å². The summed E-state index contributed by atoms with van der Waals surface area (Å²) in [6.07, 6.45) is -6.82. The normalized spacial score (nSPS) is 14.2. The highest BCUT2D eigenvalue weighted by Crippen LogP contribution is 2.34. The second-order valence-electron chi connectivity index (χ2n) is 6.58. The Balaban J connectivity index is 3.64. The highest BCUT2D eigenvalue weighted by Gasteiger charge is 2.34. The van der Waals surface area contributed by atoms with Gasteiger partial charge in [-0.3, -0.25) is 4.98 Å². The van der Waals surface area contributed by atoms with Crippen molar-refractivity contribution in [2.75, 3.05) is 12.8 Å². The van der Waals surface area contributed by atoms with Crippen LogP contribution in [0.3, 0.4) is 0 Å². The number of rotatable bonds is 7. The fourth-order valence-corrected chi connectivity index (χ4v) is 3.64. The average Bonchev–Trinajstić information content (AvgIpc) is 2.65. The van der Waals surface area contributed by atoms with Gasteiger partial charge in [-0.2, -0.15) is 26.3 Å². The summed E-state index contributed by atoms with van der Waals surface area (Å²) in [6.45, 7) is 10.8. The molecule has 0 saturated heterocycles. The summed E-state index contributed by atoms with van der Waals surface area (Å²) in [6, 6.07) is 0.470. The lowest BCUT2D eigenvalue weighted by Crippen LogP contribution is -2.20. The molecule has 1 heterocycles. The summed E-state index contributed by atoms with van der Waals surface area (Å²) in [5.41, 5.74) is -2.35. The molecule has 0 radical (unpaired) electrons. The van der Waals surface area contributed by atoms with Crippen molar-refractivity contribution in [2.45, 2.75) is 38.0 Å². The molecule has 0 amide bonds. The van der Waals surface area contributed by atoms with Crippen molar-refractivity contribution in [1.29, 1.82) is 0 Å². The molecule has 31 heavy (non-hydrogen) atoms. The SMILES string of the molecule is C=C/C(=C(C)\C=C(/C)C(F)(F)F)N(C)C(=C)c1ncc(C(F)(F)F)cc1S(=O)(=O)CC. The van der Waals surface area contributed by atoms with E-state index in [0.717, 1.165) is 13.0 Å². The van der Waals surface area contributed by atoms with E-state index in [-0.39, 0.29) is 22.7 Å². The Morgan fingerprint density at radius 2 is 1.74 bits per heavy atom. The topological polar surface area (TPSA) is 50.3 Å². The molecule has 0 unspecified atom stereocenters. The Morgan fingerprint density at radius 3 is 2.16 bits per heavy atom. The quantitative estimate of drug-likeness (QED) is 0.377. The predicted molar refractivity (Wildman–Crippen MR) is 106 cm³/mol. The fourth-order valence-electron chi connectivity index (χ4n) is 2.56. The van der Waals surface area contributed by atoms with Crippen LogP contribution in [0.1, 0.15) is 32.0 Å². The summed E-state index contributed by atoms with van der Waals surface area (Å²) >= 11 is 0. The third-order valence-corrected chi connectivity index (χ3v) is 6.15. The van der Waals surface area contributed by atoms with Gasteiger partial charge < -0.3 is 4.90 Å². The Bertz CT molecular complexity index is 1030. The minimum Gasteiger partial charge on any atom is -0.343 e. The molecule has 0 atom stereocenters. The first kappa shape index (κ1) is 26.5. The second kappa shape index (κ2) is 9.29. The van der Waals surface area contributed by atoms with Crippen LogP contribution in [0, 0.1) is 0 Å². The van der Waals surface area contributed by atoms with Crippen molar-refractivity contribution in [1.82, 2.24) is 9.88 Å². The Kier molecular flexibility index (Phi) is 7.93. The average molecular weight is 468 g/mol. The predicted octanol–water partition coefficient (Wildman–Crippen LogP) is 5.77. The van der Waals surface area contributed by atoms with E-state index in [1.54, 1.807) is 0 Å². The number of alkyl halides is 6. The van der Waals surface area contributed by atoms with Crippen LogP contribution in [0.2, 0.25) is 0 Å². The molecule has 1 aromatic heterocycles. The van der Waals surface area contributed by atoms with Gasteiger partial charge in [0.05, 0.1) is 21.9 Å². The zero-order valence-corrected chi connectivity index (χ0v) is 18.1. The van der Waals surface area contributed by atoms with Gasteiger partial charge in [0.1, 0.15) is 5.69 Å². The van der Waals surface area contributed by atoms with Crippen LogP contribution in [0.4, 0.5) is 26.3 Å². The van der Waals surface area contributed by atoms with Gasteiger partial charge in [-0.05, 0) is 37.6 Å². The minimum absolute atomic E-state index is 0.125. The van der Waals surface area contributed by atoms with Crippen molar-refractivity contribution in [3.8, 4) is 0 Å². The number of nitrogens with zero attached hydrogens (tertiary/aromatic N) is 2. The molecular weight excluding hydrogens is 446 g/mol. The molecule has 0 aliphatic rings. The van der Waals surface area contributed by atoms with E-state index in [1.807, 2.05) is 0 Å². The highest BCUT2D eigenvalue weighted by molar-refractivity contribution is 7.91. The number of halogens is 6. The number of likely N-dealkylation sites (N-methyl/N-ethyl adjacent to an activating group) is 1. The molecule has 0 bridgehead atoms. The van der Waals surface area contributed by atoms with Gasteiger partial charge in [-0.1, -0.05) is 20.1 Å².